The molecular weight excluding hydrogens is 536 g/mol. The van der Waals surface area contributed by atoms with Gasteiger partial charge >= 0.3 is 11.9 Å². The molecule has 0 radical (unpaired) electrons. The van der Waals surface area contributed by atoms with Crippen molar-refractivity contribution in [3.8, 4) is 16.9 Å². The number of hydrogen-bond donors (Lipinski definition) is 1. The summed E-state index contributed by atoms with van der Waals surface area (Å²) in [6, 6.07) is 22.9. The third-order valence-electron chi connectivity index (χ3n) is 6.65. The van der Waals surface area contributed by atoms with Crippen molar-refractivity contribution < 1.29 is 23.8 Å². The first-order valence-corrected chi connectivity index (χ1v) is 14.8. The molecule has 41 heavy (non-hydrogen) atoms. The number of nitrogens with zero attached hydrogens (tertiary/aromatic N) is 1. The van der Waals surface area contributed by atoms with E-state index in [0.717, 1.165) is 51.9 Å². The minimum Gasteiger partial charge on any atom is -0.497 e. The van der Waals surface area contributed by atoms with Crippen LogP contribution < -0.4 is 10.1 Å². The molecule has 3 aromatic carbocycles. The molecule has 1 heterocycles. The van der Waals surface area contributed by atoms with E-state index in [1.807, 2.05) is 61.5 Å². The number of carbonyl (C=O) groups excluding carboxylic acids is 2. The molecule has 1 N–H and O–H groups in total. The van der Waals surface area contributed by atoms with Crippen molar-refractivity contribution >= 4 is 28.9 Å². The van der Waals surface area contributed by atoms with Crippen LogP contribution in [0.25, 0.3) is 11.1 Å². The number of nitrogens with one attached hydrogen (secondary N) is 1. The van der Waals surface area contributed by atoms with E-state index in [0.29, 0.717) is 17.7 Å². The zero-order valence-electron chi connectivity index (χ0n) is 23.9. The topological polar surface area (TPSA) is 86.2 Å². The van der Waals surface area contributed by atoms with Crippen molar-refractivity contribution in [2.75, 3.05) is 26.1 Å². The molecule has 0 spiro atoms. The van der Waals surface area contributed by atoms with Crippen LogP contribution in [0, 0.1) is 0 Å². The van der Waals surface area contributed by atoms with Gasteiger partial charge in [0.05, 0.1) is 31.5 Å². The number of esters is 2. The van der Waals surface area contributed by atoms with Gasteiger partial charge in [0, 0.05) is 11.4 Å². The van der Waals surface area contributed by atoms with Gasteiger partial charge in [0.1, 0.15) is 11.8 Å². The van der Waals surface area contributed by atoms with Gasteiger partial charge in [0.15, 0.2) is 5.17 Å². The highest BCUT2D eigenvalue weighted by Gasteiger charge is 2.30. The summed E-state index contributed by atoms with van der Waals surface area (Å²) < 4.78 is 15.8. The number of amidine groups is 1. The first kappa shape index (κ1) is 29.9. The van der Waals surface area contributed by atoms with Crippen molar-refractivity contribution in [3.05, 3.63) is 101 Å². The molecule has 1 aliphatic rings. The van der Waals surface area contributed by atoms with Crippen LogP contribution in [0.15, 0.2) is 89.1 Å². The lowest BCUT2D eigenvalue weighted by Gasteiger charge is -2.26. The van der Waals surface area contributed by atoms with Crippen molar-refractivity contribution in [2.45, 2.75) is 39.7 Å². The van der Waals surface area contributed by atoms with Crippen molar-refractivity contribution in [1.29, 1.82) is 0 Å². The van der Waals surface area contributed by atoms with Gasteiger partial charge in [-0.15, -0.1) is 0 Å². The van der Waals surface area contributed by atoms with Crippen LogP contribution in [0.2, 0.25) is 0 Å². The second-order valence-corrected chi connectivity index (χ2v) is 10.5. The zero-order chi connectivity index (χ0) is 29.2. The predicted molar refractivity (Wildman–Crippen MR) is 164 cm³/mol. The summed E-state index contributed by atoms with van der Waals surface area (Å²) in [6.07, 6.45) is 1.94. The van der Waals surface area contributed by atoms with Crippen LogP contribution in [-0.4, -0.2) is 43.2 Å². The molecule has 0 bridgehead atoms. The highest BCUT2D eigenvalue weighted by molar-refractivity contribution is 8.13. The maximum Gasteiger partial charge on any atom is 0.338 e. The maximum absolute atomic E-state index is 13.0. The molecule has 4 rings (SSSR count). The number of benzene rings is 3. The van der Waals surface area contributed by atoms with Crippen LogP contribution in [-0.2, 0) is 20.7 Å². The van der Waals surface area contributed by atoms with Crippen molar-refractivity contribution in [2.24, 2.45) is 4.99 Å². The molecule has 0 aliphatic carbocycles. The second-order valence-electron chi connectivity index (χ2n) is 9.44. The number of carbonyl (C=O) groups is 2. The summed E-state index contributed by atoms with van der Waals surface area (Å²) in [5.41, 5.74) is 5.75. The fourth-order valence-electron chi connectivity index (χ4n) is 4.57. The Bertz CT molecular complexity index is 1410. The van der Waals surface area contributed by atoms with Gasteiger partial charge in [-0.05, 0) is 80.1 Å². The third-order valence-corrected chi connectivity index (χ3v) is 7.63. The molecule has 0 amide bonds. The van der Waals surface area contributed by atoms with Gasteiger partial charge in [-0.2, -0.15) is 0 Å². The Balaban J connectivity index is 1.50. The molecule has 0 fully saturated rings. The molecule has 8 heteroatoms. The highest BCUT2D eigenvalue weighted by atomic mass is 32.2. The molecule has 1 unspecified atom stereocenters. The molecule has 0 saturated carbocycles. The fraction of sp³-hybridized carbons (Fsp3) is 0.303. The normalized spacial score (nSPS) is 14.6. The minimum atomic E-state index is -0.487. The lowest BCUT2D eigenvalue weighted by atomic mass is 9.94. The first-order chi connectivity index (χ1) is 19.9. The quantitative estimate of drug-likeness (QED) is 0.201. The fourth-order valence-corrected chi connectivity index (χ4v) is 5.46. The van der Waals surface area contributed by atoms with E-state index in [1.54, 1.807) is 38.8 Å². The number of ether oxygens (including phenoxy) is 3. The number of thioether (sulfide) groups is 1. The molecular formula is C33H36N2O5S. The van der Waals surface area contributed by atoms with Gasteiger partial charge in [-0.25, -0.2) is 14.6 Å². The van der Waals surface area contributed by atoms with Gasteiger partial charge in [-0.1, -0.05) is 60.3 Å². The summed E-state index contributed by atoms with van der Waals surface area (Å²) in [4.78, 5) is 30.1. The summed E-state index contributed by atoms with van der Waals surface area (Å²) >= 11 is 1.65. The number of hydrogen-bond acceptors (Lipinski definition) is 8. The van der Waals surface area contributed by atoms with E-state index < -0.39 is 6.04 Å². The van der Waals surface area contributed by atoms with Gasteiger partial charge in [-0.3, -0.25) is 0 Å². The molecule has 214 valence electrons. The van der Waals surface area contributed by atoms with E-state index in [-0.39, 0.29) is 18.5 Å². The molecule has 3 aromatic rings. The smallest absolute Gasteiger partial charge is 0.338 e. The Labute approximate surface area is 246 Å². The Kier molecular flexibility index (Phi) is 10.6. The van der Waals surface area contributed by atoms with E-state index in [1.165, 1.54) is 5.56 Å². The van der Waals surface area contributed by atoms with E-state index in [2.05, 4.69) is 17.4 Å². The van der Waals surface area contributed by atoms with Crippen LogP contribution in [0.3, 0.4) is 0 Å². The van der Waals surface area contributed by atoms with E-state index >= 15 is 0 Å². The molecule has 1 aliphatic heterocycles. The van der Waals surface area contributed by atoms with Crippen LogP contribution in [0.4, 0.5) is 0 Å². The maximum atomic E-state index is 13.0. The van der Waals surface area contributed by atoms with Crippen LogP contribution in [0.1, 0.15) is 54.7 Å². The number of aryl methyl sites for hydroxylation is 1. The Morgan fingerprint density at radius 3 is 2.29 bits per heavy atom. The average Bonchev–Trinajstić information content (AvgIpc) is 2.99. The summed E-state index contributed by atoms with van der Waals surface area (Å²) in [5.74, 6) is 1.01. The largest absolute Gasteiger partial charge is 0.497 e. The number of methoxy groups -OCH3 is 1. The van der Waals surface area contributed by atoms with Gasteiger partial charge < -0.3 is 19.5 Å². The van der Waals surface area contributed by atoms with E-state index in [9.17, 15) is 9.59 Å². The zero-order valence-corrected chi connectivity index (χ0v) is 24.8. The Hall–Kier alpha value is -4.04. The molecule has 7 nitrogen and oxygen atoms in total. The lowest BCUT2D eigenvalue weighted by molar-refractivity contribution is -0.138. The Morgan fingerprint density at radius 2 is 1.61 bits per heavy atom. The molecule has 0 aromatic heterocycles. The Morgan fingerprint density at radius 1 is 0.902 bits per heavy atom. The SMILES string of the molecule is CCOC(=O)C1=C(C)NC(SCCCc2ccc(OC)cc2)=NC1c1ccc(-c2cccc(C(=O)OCC)c2)cc1. The standard InChI is InChI=1S/C33H36N2O5S/c1-5-39-31(36)27-11-7-10-26(21-27)24-14-16-25(17-15-24)30-29(32(37)40-6-2)22(3)34-33(35-30)41-20-8-9-23-12-18-28(38-4)19-13-23/h7,10-19,21,30H,5-6,8-9,20H2,1-4H3,(H,34,35). The third kappa shape index (κ3) is 7.79. The highest BCUT2D eigenvalue weighted by Crippen LogP contribution is 2.34. The summed E-state index contributed by atoms with van der Waals surface area (Å²) in [7, 11) is 1.67. The second kappa shape index (κ2) is 14.6. The number of aliphatic imine (C=N–C) groups is 1. The minimum absolute atomic E-state index is 0.286. The van der Waals surface area contributed by atoms with Crippen molar-refractivity contribution in [3.63, 3.8) is 0 Å². The van der Waals surface area contributed by atoms with Crippen LogP contribution >= 0.6 is 11.8 Å². The predicted octanol–water partition coefficient (Wildman–Crippen LogP) is 6.74. The summed E-state index contributed by atoms with van der Waals surface area (Å²) in [6.45, 7) is 6.09. The first-order valence-electron chi connectivity index (χ1n) is 13.8. The van der Waals surface area contributed by atoms with Crippen LogP contribution in [0.5, 0.6) is 5.75 Å². The molecule has 0 saturated heterocycles. The number of rotatable bonds is 11. The average molecular weight is 573 g/mol. The monoisotopic (exact) mass is 572 g/mol. The lowest BCUT2D eigenvalue weighted by Crippen LogP contribution is -2.30. The van der Waals surface area contributed by atoms with Gasteiger partial charge in [0.25, 0.3) is 0 Å². The van der Waals surface area contributed by atoms with Gasteiger partial charge in [0.2, 0.25) is 0 Å². The van der Waals surface area contributed by atoms with E-state index in [4.69, 9.17) is 19.2 Å². The summed E-state index contributed by atoms with van der Waals surface area (Å²) in [5, 5.41) is 4.09. The van der Waals surface area contributed by atoms with Crippen molar-refractivity contribution in [1.82, 2.24) is 5.32 Å². The molecule has 1 atom stereocenters. The number of allylic oxidation sites excluding steroid dienone is 1.